The van der Waals surface area contributed by atoms with E-state index < -0.39 is 0 Å². The highest BCUT2D eigenvalue weighted by atomic mass is 15.3. The van der Waals surface area contributed by atoms with Crippen LogP contribution in [0.1, 0.15) is 46.0 Å². The van der Waals surface area contributed by atoms with Gasteiger partial charge in [-0.1, -0.05) is 20.3 Å². The van der Waals surface area contributed by atoms with Crippen molar-refractivity contribution in [3.05, 3.63) is 0 Å². The molecule has 0 aliphatic carbocycles. The average molecular weight is 293 g/mol. The molecule has 3 fully saturated rings. The summed E-state index contributed by atoms with van der Waals surface area (Å²) in [5, 5.41) is 0. The van der Waals surface area contributed by atoms with Crippen molar-refractivity contribution >= 4 is 0 Å². The second kappa shape index (κ2) is 6.97. The number of likely N-dealkylation sites (tertiary alicyclic amines) is 1. The fourth-order valence-corrected chi connectivity index (χ4v) is 4.69. The highest BCUT2D eigenvalue weighted by Crippen LogP contribution is 2.29. The molecule has 0 amide bonds. The molecule has 0 spiro atoms. The van der Waals surface area contributed by atoms with Crippen LogP contribution in [-0.2, 0) is 0 Å². The lowest BCUT2D eigenvalue weighted by atomic mass is 9.89. The summed E-state index contributed by atoms with van der Waals surface area (Å²) >= 11 is 0. The number of rotatable bonds is 3. The van der Waals surface area contributed by atoms with Crippen molar-refractivity contribution in [2.24, 2.45) is 11.8 Å². The van der Waals surface area contributed by atoms with Gasteiger partial charge in [-0.3, -0.25) is 9.80 Å². The standard InChI is InChI=1S/C18H35N3/c1-15(2)18-14-20-9-5-4-6-17(20)13-21(18)12-16-7-10-19(3)11-8-16/h15-18H,4-14H2,1-3H3. The molecule has 3 aliphatic rings. The molecule has 2 atom stereocenters. The lowest BCUT2D eigenvalue weighted by molar-refractivity contribution is -0.0187. The highest BCUT2D eigenvalue weighted by molar-refractivity contribution is 4.93. The number of fused-ring (bicyclic) bond motifs is 1. The SMILES string of the molecule is CC(C)C1CN2CCCCC2CN1CC1CCN(C)CC1. The Kier molecular flexibility index (Phi) is 5.23. The Morgan fingerprint density at radius 3 is 2.43 bits per heavy atom. The first-order valence-corrected chi connectivity index (χ1v) is 9.30. The van der Waals surface area contributed by atoms with Crippen LogP contribution in [0.4, 0.5) is 0 Å². The van der Waals surface area contributed by atoms with Gasteiger partial charge in [-0.15, -0.1) is 0 Å². The molecule has 0 aromatic heterocycles. The summed E-state index contributed by atoms with van der Waals surface area (Å²) < 4.78 is 0. The minimum atomic E-state index is 0.791. The zero-order valence-electron chi connectivity index (χ0n) is 14.4. The Morgan fingerprint density at radius 1 is 0.952 bits per heavy atom. The second-order valence-electron chi connectivity index (χ2n) is 8.16. The monoisotopic (exact) mass is 293 g/mol. The Labute approximate surface area is 131 Å². The minimum Gasteiger partial charge on any atom is -0.306 e. The zero-order valence-corrected chi connectivity index (χ0v) is 14.4. The molecule has 3 saturated heterocycles. The predicted molar refractivity (Wildman–Crippen MR) is 89.6 cm³/mol. The summed E-state index contributed by atoms with van der Waals surface area (Å²) in [5.41, 5.74) is 0. The van der Waals surface area contributed by atoms with E-state index in [0.717, 1.165) is 23.9 Å². The maximum atomic E-state index is 2.88. The summed E-state index contributed by atoms with van der Waals surface area (Å²) in [6, 6.07) is 1.65. The molecule has 0 radical (unpaired) electrons. The van der Waals surface area contributed by atoms with E-state index in [9.17, 15) is 0 Å². The fourth-order valence-electron chi connectivity index (χ4n) is 4.69. The van der Waals surface area contributed by atoms with Crippen molar-refractivity contribution < 1.29 is 0 Å². The van der Waals surface area contributed by atoms with Gasteiger partial charge >= 0.3 is 0 Å². The highest BCUT2D eigenvalue weighted by Gasteiger charge is 2.37. The van der Waals surface area contributed by atoms with E-state index in [-0.39, 0.29) is 0 Å². The first-order valence-electron chi connectivity index (χ1n) is 9.30. The number of piperazine rings is 1. The van der Waals surface area contributed by atoms with Crippen LogP contribution >= 0.6 is 0 Å². The van der Waals surface area contributed by atoms with E-state index in [1.54, 1.807) is 0 Å². The van der Waals surface area contributed by atoms with Crippen LogP contribution in [0.5, 0.6) is 0 Å². The van der Waals surface area contributed by atoms with Gasteiger partial charge in [0, 0.05) is 31.7 Å². The number of nitrogens with zero attached hydrogens (tertiary/aromatic N) is 3. The van der Waals surface area contributed by atoms with Crippen LogP contribution in [-0.4, -0.2) is 73.1 Å². The molecular formula is C18H35N3. The lowest BCUT2D eigenvalue weighted by Gasteiger charge is -2.51. The van der Waals surface area contributed by atoms with Gasteiger partial charge in [-0.05, 0) is 64.2 Å². The van der Waals surface area contributed by atoms with Gasteiger partial charge in [-0.2, -0.15) is 0 Å². The van der Waals surface area contributed by atoms with Gasteiger partial charge in [0.2, 0.25) is 0 Å². The van der Waals surface area contributed by atoms with Crippen LogP contribution in [0.3, 0.4) is 0 Å². The first kappa shape index (κ1) is 15.8. The summed E-state index contributed by atoms with van der Waals surface area (Å²) in [6.07, 6.45) is 7.14. The predicted octanol–water partition coefficient (Wildman–Crippen LogP) is 2.52. The molecule has 2 unspecified atom stereocenters. The quantitative estimate of drug-likeness (QED) is 0.792. The molecule has 122 valence electrons. The normalized spacial score (nSPS) is 34.3. The first-order chi connectivity index (χ1) is 10.1. The number of hydrogen-bond acceptors (Lipinski definition) is 3. The fraction of sp³-hybridized carbons (Fsp3) is 1.00. The van der Waals surface area contributed by atoms with E-state index in [4.69, 9.17) is 0 Å². The van der Waals surface area contributed by atoms with Gasteiger partial charge < -0.3 is 4.90 Å². The molecule has 3 aliphatic heterocycles. The number of piperidine rings is 2. The van der Waals surface area contributed by atoms with Crippen LogP contribution in [0.15, 0.2) is 0 Å². The average Bonchev–Trinajstić information content (AvgIpc) is 2.48. The summed E-state index contributed by atoms with van der Waals surface area (Å²) in [7, 11) is 2.27. The zero-order chi connectivity index (χ0) is 14.8. The van der Waals surface area contributed by atoms with Crippen LogP contribution in [0, 0.1) is 11.8 Å². The second-order valence-corrected chi connectivity index (χ2v) is 8.16. The maximum absolute atomic E-state index is 2.88. The summed E-state index contributed by atoms with van der Waals surface area (Å²) in [6.45, 7) is 12.9. The molecule has 0 saturated carbocycles. The Hall–Kier alpha value is -0.120. The maximum Gasteiger partial charge on any atom is 0.0247 e. The van der Waals surface area contributed by atoms with Crippen molar-refractivity contribution in [2.75, 3.05) is 46.3 Å². The molecule has 3 rings (SSSR count). The van der Waals surface area contributed by atoms with Gasteiger partial charge in [-0.25, -0.2) is 0 Å². The molecule has 0 N–H and O–H groups in total. The van der Waals surface area contributed by atoms with E-state index in [0.29, 0.717) is 0 Å². The third-order valence-electron chi connectivity index (χ3n) is 6.19. The molecule has 0 aromatic rings. The van der Waals surface area contributed by atoms with E-state index in [1.807, 2.05) is 0 Å². The van der Waals surface area contributed by atoms with Crippen LogP contribution in [0.2, 0.25) is 0 Å². The summed E-state index contributed by atoms with van der Waals surface area (Å²) in [4.78, 5) is 8.18. The van der Waals surface area contributed by atoms with Crippen LogP contribution in [0.25, 0.3) is 0 Å². The van der Waals surface area contributed by atoms with Gasteiger partial charge in [0.25, 0.3) is 0 Å². The van der Waals surface area contributed by atoms with Crippen molar-refractivity contribution in [3.8, 4) is 0 Å². The number of hydrogen-bond donors (Lipinski definition) is 0. The molecule has 3 nitrogen and oxygen atoms in total. The topological polar surface area (TPSA) is 9.72 Å². The molecule has 0 bridgehead atoms. The molecule has 21 heavy (non-hydrogen) atoms. The largest absolute Gasteiger partial charge is 0.306 e. The smallest absolute Gasteiger partial charge is 0.0247 e. The third kappa shape index (κ3) is 3.80. The lowest BCUT2D eigenvalue weighted by Crippen LogP contribution is -2.61. The Bertz CT molecular complexity index is 322. The van der Waals surface area contributed by atoms with Gasteiger partial charge in [0.15, 0.2) is 0 Å². The summed E-state index contributed by atoms with van der Waals surface area (Å²) in [5.74, 6) is 1.73. The van der Waals surface area contributed by atoms with Crippen molar-refractivity contribution in [1.82, 2.24) is 14.7 Å². The Morgan fingerprint density at radius 2 is 1.71 bits per heavy atom. The molecule has 3 heteroatoms. The van der Waals surface area contributed by atoms with Crippen molar-refractivity contribution in [1.29, 1.82) is 0 Å². The van der Waals surface area contributed by atoms with Crippen molar-refractivity contribution in [2.45, 2.75) is 58.0 Å². The van der Waals surface area contributed by atoms with Crippen molar-refractivity contribution in [3.63, 3.8) is 0 Å². The van der Waals surface area contributed by atoms with Crippen LogP contribution < -0.4 is 0 Å². The van der Waals surface area contributed by atoms with Gasteiger partial charge in [0.05, 0.1) is 0 Å². The Balaban J connectivity index is 1.60. The molecular weight excluding hydrogens is 258 g/mol. The van der Waals surface area contributed by atoms with E-state index >= 15 is 0 Å². The molecule has 0 aromatic carbocycles. The molecule has 3 heterocycles. The minimum absolute atomic E-state index is 0.791. The third-order valence-corrected chi connectivity index (χ3v) is 6.19. The van der Waals surface area contributed by atoms with Gasteiger partial charge in [0.1, 0.15) is 0 Å². The van der Waals surface area contributed by atoms with E-state index in [1.165, 1.54) is 71.4 Å². The van der Waals surface area contributed by atoms with E-state index in [2.05, 4.69) is 35.6 Å².